The summed E-state index contributed by atoms with van der Waals surface area (Å²) < 4.78 is 34.9. The number of hydrogen-bond donors (Lipinski definition) is 1. The van der Waals surface area contributed by atoms with Crippen molar-refractivity contribution < 1.29 is 17.9 Å². The third-order valence-corrected chi connectivity index (χ3v) is 2.75. The zero-order valence-electron chi connectivity index (χ0n) is 7.20. The fourth-order valence-electron chi connectivity index (χ4n) is 0.919. The van der Waals surface area contributed by atoms with Gasteiger partial charge < -0.3 is 5.11 Å². The number of rotatable bonds is 1. The highest BCUT2D eigenvalue weighted by Crippen LogP contribution is 2.24. The normalized spacial score (nSPS) is 11.6. The van der Waals surface area contributed by atoms with Gasteiger partial charge >= 0.3 is 0 Å². The van der Waals surface area contributed by atoms with Crippen molar-refractivity contribution in [3.05, 3.63) is 23.5 Å². The highest BCUT2D eigenvalue weighted by atomic mass is 32.2. The van der Waals surface area contributed by atoms with Gasteiger partial charge in [0, 0.05) is 6.26 Å². The fraction of sp³-hybridized carbons (Fsp3) is 0.250. The number of aromatic hydroxyl groups is 1. The van der Waals surface area contributed by atoms with Crippen molar-refractivity contribution in [3.8, 4) is 5.75 Å². The molecule has 0 saturated heterocycles. The van der Waals surface area contributed by atoms with Gasteiger partial charge in [-0.15, -0.1) is 0 Å². The van der Waals surface area contributed by atoms with Crippen LogP contribution in [0.5, 0.6) is 5.75 Å². The van der Waals surface area contributed by atoms with Gasteiger partial charge in [0.2, 0.25) is 0 Å². The van der Waals surface area contributed by atoms with Crippen LogP contribution in [0.3, 0.4) is 0 Å². The lowest BCUT2D eigenvalue weighted by molar-refractivity contribution is 0.427. The molecule has 0 aliphatic heterocycles. The van der Waals surface area contributed by atoms with E-state index in [1.165, 1.54) is 13.0 Å². The summed E-state index contributed by atoms with van der Waals surface area (Å²) >= 11 is 0. The summed E-state index contributed by atoms with van der Waals surface area (Å²) in [5.41, 5.74) is 0.209. The Morgan fingerprint density at radius 3 is 2.31 bits per heavy atom. The van der Waals surface area contributed by atoms with E-state index in [-0.39, 0.29) is 10.5 Å². The molecule has 0 bridgehead atoms. The van der Waals surface area contributed by atoms with Gasteiger partial charge in [-0.3, -0.25) is 0 Å². The summed E-state index contributed by atoms with van der Waals surface area (Å²) in [4.78, 5) is -0.125. The molecule has 1 N–H and O–H groups in total. The second-order valence-electron chi connectivity index (χ2n) is 2.84. The predicted octanol–water partition coefficient (Wildman–Crippen LogP) is 1.24. The first-order chi connectivity index (χ1) is 5.82. The van der Waals surface area contributed by atoms with Crippen molar-refractivity contribution in [1.82, 2.24) is 0 Å². The number of sulfone groups is 1. The molecule has 13 heavy (non-hydrogen) atoms. The van der Waals surface area contributed by atoms with E-state index >= 15 is 0 Å². The van der Waals surface area contributed by atoms with Crippen molar-refractivity contribution >= 4 is 9.84 Å². The Kier molecular flexibility index (Phi) is 2.30. The summed E-state index contributed by atoms with van der Waals surface area (Å²) in [6, 6.07) is 2.03. The quantitative estimate of drug-likeness (QED) is 0.748. The van der Waals surface area contributed by atoms with Gasteiger partial charge in [0.25, 0.3) is 0 Å². The topological polar surface area (TPSA) is 54.4 Å². The molecule has 0 fully saturated rings. The molecule has 0 aliphatic rings. The van der Waals surface area contributed by atoms with Crippen LogP contribution in [0.15, 0.2) is 17.0 Å². The molecule has 0 aliphatic carbocycles. The van der Waals surface area contributed by atoms with Crippen LogP contribution in [0, 0.1) is 12.7 Å². The van der Waals surface area contributed by atoms with E-state index in [1.807, 2.05) is 0 Å². The summed E-state index contributed by atoms with van der Waals surface area (Å²) in [5.74, 6) is -1.42. The van der Waals surface area contributed by atoms with Gasteiger partial charge in [0.05, 0.1) is 4.90 Å². The second kappa shape index (κ2) is 2.99. The number of phenolic OH excluding ortho intramolecular Hbond substituents is 1. The molecule has 0 radical (unpaired) electrons. The SMILES string of the molecule is Cc1cc(S(C)(=O)=O)cc(F)c1O. The number of halogens is 1. The van der Waals surface area contributed by atoms with E-state index < -0.39 is 21.4 Å². The molecule has 0 spiro atoms. The molecule has 0 heterocycles. The predicted molar refractivity (Wildman–Crippen MR) is 45.9 cm³/mol. The minimum Gasteiger partial charge on any atom is -0.505 e. The van der Waals surface area contributed by atoms with Crippen molar-refractivity contribution in [1.29, 1.82) is 0 Å². The maximum Gasteiger partial charge on any atom is 0.175 e. The van der Waals surface area contributed by atoms with Crippen molar-refractivity contribution in [2.75, 3.05) is 6.26 Å². The first-order valence-corrected chi connectivity index (χ1v) is 5.40. The van der Waals surface area contributed by atoms with Crippen LogP contribution in [0.25, 0.3) is 0 Å². The average molecular weight is 204 g/mol. The van der Waals surface area contributed by atoms with Gasteiger partial charge in [-0.1, -0.05) is 0 Å². The van der Waals surface area contributed by atoms with E-state index in [0.29, 0.717) is 0 Å². The Morgan fingerprint density at radius 2 is 1.92 bits per heavy atom. The Labute approximate surface area is 75.7 Å². The smallest absolute Gasteiger partial charge is 0.175 e. The lowest BCUT2D eigenvalue weighted by atomic mass is 10.2. The Balaban J connectivity index is 3.47. The van der Waals surface area contributed by atoms with Crippen LogP contribution in [-0.2, 0) is 9.84 Å². The maximum atomic E-state index is 12.9. The molecule has 1 rings (SSSR count). The van der Waals surface area contributed by atoms with E-state index in [1.54, 1.807) is 0 Å². The largest absolute Gasteiger partial charge is 0.505 e. The fourth-order valence-corrected chi connectivity index (χ4v) is 1.63. The van der Waals surface area contributed by atoms with Crippen molar-refractivity contribution in [3.63, 3.8) is 0 Å². The van der Waals surface area contributed by atoms with Gasteiger partial charge in [0.1, 0.15) is 0 Å². The molecular formula is C8H9FO3S. The number of hydrogen-bond acceptors (Lipinski definition) is 3. The zero-order chi connectivity index (χ0) is 10.2. The zero-order valence-corrected chi connectivity index (χ0v) is 8.02. The summed E-state index contributed by atoms with van der Waals surface area (Å²) in [6.45, 7) is 1.44. The van der Waals surface area contributed by atoms with Crippen LogP contribution < -0.4 is 0 Å². The average Bonchev–Trinajstić information content (AvgIpc) is 1.97. The summed E-state index contributed by atoms with van der Waals surface area (Å²) in [6.07, 6.45) is 0.984. The molecule has 0 amide bonds. The second-order valence-corrected chi connectivity index (χ2v) is 4.86. The molecule has 0 atom stereocenters. The Bertz CT molecular complexity index is 414. The van der Waals surface area contributed by atoms with E-state index in [0.717, 1.165) is 12.3 Å². The minimum atomic E-state index is -3.42. The highest BCUT2D eigenvalue weighted by Gasteiger charge is 2.12. The maximum absolute atomic E-state index is 12.9. The molecule has 0 aromatic heterocycles. The first kappa shape index (κ1) is 9.98. The molecule has 5 heteroatoms. The standard InChI is InChI=1S/C8H9FO3S/c1-5-3-6(13(2,11)12)4-7(9)8(5)10/h3-4,10H,1-2H3. The molecular weight excluding hydrogens is 195 g/mol. The van der Waals surface area contributed by atoms with Gasteiger partial charge in [-0.2, -0.15) is 0 Å². The molecule has 3 nitrogen and oxygen atoms in total. The molecule has 1 aromatic carbocycles. The van der Waals surface area contributed by atoms with E-state index in [2.05, 4.69) is 0 Å². The third kappa shape index (κ3) is 1.98. The van der Waals surface area contributed by atoms with E-state index in [4.69, 9.17) is 5.11 Å². The first-order valence-electron chi connectivity index (χ1n) is 3.51. The van der Waals surface area contributed by atoms with Gasteiger partial charge in [-0.05, 0) is 24.6 Å². The van der Waals surface area contributed by atoms with Crippen molar-refractivity contribution in [2.45, 2.75) is 11.8 Å². The molecule has 72 valence electrons. The monoisotopic (exact) mass is 204 g/mol. The lowest BCUT2D eigenvalue weighted by Crippen LogP contribution is -1.98. The number of benzene rings is 1. The van der Waals surface area contributed by atoms with Crippen LogP contribution in [0.1, 0.15) is 5.56 Å². The van der Waals surface area contributed by atoms with Crippen LogP contribution >= 0.6 is 0 Å². The van der Waals surface area contributed by atoms with Crippen molar-refractivity contribution in [2.24, 2.45) is 0 Å². The Hall–Kier alpha value is -1.10. The van der Waals surface area contributed by atoms with Crippen LogP contribution in [0.2, 0.25) is 0 Å². The molecule has 0 unspecified atom stereocenters. The lowest BCUT2D eigenvalue weighted by Gasteiger charge is -2.03. The number of aryl methyl sites for hydroxylation is 1. The minimum absolute atomic E-state index is 0.125. The van der Waals surface area contributed by atoms with Crippen LogP contribution in [-0.4, -0.2) is 19.8 Å². The van der Waals surface area contributed by atoms with Crippen LogP contribution in [0.4, 0.5) is 4.39 Å². The molecule has 0 saturated carbocycles. The van der Waals surface area contributed by atoms with Gasteiger partial charge in [0.15, 0.2) is 21.4 Å². The molecule has 1 aromatic rings. The van der Waals surface area contributed by atoms with E-state index in [9.17, 15) is 12.8 Å². The van der Waals surface area contributed by atoms with Gasteiger partial charge in [-0.25, -0.2) is 12.8 Å². The Morgan fingerprint density at radius 1 is 1.38 bits per heavy atom. The summed E-state index contributed by atoms with van der Waals surface area (Å²) in [5, 5.41) is 9.03. The highest BCUT2D eigenvalue weighted by molar-refractivity contribution is 7.90. The summed E-state index contributed by atoms with van der Waals surface area (Å²) in [7, 11) is -3.42. The third-order valence-electron chi connectivity index (χ3n) is 1.66. The number of phenols is 1.